The maximum atomic E-state index is 13.1. The van der Waals surface area contributed by atoms with Crippen molar-refractivity contribution in [3.63, 3.8) is 0 Å². The number of ketones is 1. The first-order valence-electron chi connectivity index (χ1n) is 8.96. The van der Waals surface area contributed by atoms with Crippen molar-refractivity contribution in [2.75, 3.05) is 18.9 Å². The quantitative estimate of drug-likeness (QED) is 0.461. The van der Waals surface area contributed by atoms with Crippen molar-refractivity contribution < 1.29 is 14.3 Å². The van der Waals surface area contributed by atoms with Crippen molar-refractivity contribution in [1.82, 2.24) is 5.32 Å². The summed E-state index contributed by atoms with van der Waals surface area (Å²) in [4.78, 5) is 26.6. The second-order valence-electron chi connectivity index (χ2n) is 6.52. The van der Waals surface area contributed by atoms with Gasteiger partial charge in [0.15, 0.2) is 5.78 Å². The lowest BCUT2D eigenvalue weighted by Gasteiger charge is -2.14. The van der Waals surface area contributed by atoms with Crippen LogP contribution in [-0.4, -0.2) is 24.9 Å². The molecule has 2 heterocycles. The van der Waals surface area contributed by atoms with Crippen molar-refractivity contribution in [3.05, 3.63) is 50.9 Å². The Bertz CT molecular complexity index is 842. The Kier molecular flexibility index (Phi) is 5.74. The molecule has 1 aliphatic heterocycles. The largest absolute Gasteiger partial charge is 0.462 e. The third kappa shape index (κ3) is 3.66. The second kappa shape index (κ2) is 8.01. The second-order valence-corrected chi connectivity index (χ2v) is 7.65. The van der Waals surface area contributed by atoms with E-state index in [0.29, 0.717) is 28.3 Å². The fraction of sp³-hybridized carbons (Fsp3) is 0.400. The molecule has 6 heteroatoms. The number of nitrogens with two attached hydrogens (primary N) is 1. The molecule has 3 rings (SSSR count). The first-order chi connectivity index (χ1) is 12.5. The standard InChI is InChI=1S/C20H24N2O3S/c1-3-4-9-25-20(24)15-10-13(6-5-12(15)2)18(23)17-14-7-8-22-11-16(14)26-19(17)21/h5-6,10,22H,3-4,7-9,11,21H2,1-2H3. The molecule has 0 atom stereocenters. The van der Waals surface area contributed by atoms with E-state index in [9.17, 15) is 9.59 Å². The van der Waals surface area contributed by atoms with Gasteiger partial charge in [-0.2, -0.15) is 0 Å². The fourth-order valence-electron chi connectivity index (χ4n) is 3.12. The summed E-state index contributed by atoms with van der Waals surface area (Å²) in [5.41, 5.74) is 9.51. The van der Waals surface area contributed by atoms with Crippen LogP contribution in [0.2, 0.25) is 0 Å². The highest BCUT2D eigenvalue weighted by Gasteiger charge is 2.25. The Balaban J connectivity index is 1.90. The number of nitrogen functional groups attached to an aromatic ring is 1. The van der Waals surface area contributed by atoms with Crippen LogP contribution in [0.3, 0.4) is 0 Å². The molecular weight excluding hydrogens is 348 g/mol. The van der Waals surface area contributed by atoms with E-state index in [1.165, 1.54) is 11.3 Å². The van der Waals surface area contributed by atoms with Gasteiger partial charge in [-0.25, -0.2) is 4.79 Å². The zero-order chi connectivity index (χ0) is 18.7. The van der Waals surface area contributed by atoms with Gasteiger partial charge < -0.3 is 15.8 Å². The van der Waals surface area contributed by atoms with Gasteiger partial charge in [0.2, 0.25) is 0 Å². The molecule has 3 N–H and O–H groups in total. The summed E-state index contributed by atoms with van der Waals surface area (Å²) in [5.74, 6) is -0.500. The zero-order valence-corrected chi connectivity index (χ0v) is 16.0. The molecule has 0 saturated heterocycles. The number of benzene rings is 1. The van der Waals surface area contributed by atoms with E-state index < -0.39 is 0 Å². The van der Waals surface area contributed by atoms with Crippen molar-refractivity contribution in [2.24, 2.45) is 0 Å². The number of esters is 1. The molecule has 0 spiro atoms. The number of thiophene rings is 1. The number of aryl methyl sites for hydroxylation is 1. The summed E-state index contributed by atoms with van der Waals surface area (Å²) in [6.07, 6.45) is 2.58. The number of hydrogen-bond acceptors (Lipinski definition) is 6. The first-order valence-corrected chi connectivity index (χ1v) is 9.77. The van der Waals surface area contributed by atoms with Crippen molar-refractivity contribution in [2.45, 2.75) is 39.7 Å². The lowest BCUT2D eigenvalue weighted by atomic mass is 9.95. The van der Waals surface area contributed by atoms with Crippen LogP contribution in [0.4, 0.5) is 5.00 Å². The summed E-state index contributed by atoms with van der Waals surface area (Å²) in [6.45, 7) is 5.87. The third-order valence-corrected chi connectivity index (χ3v) is 5.69. The average Bonchev–Trinajstić information content (AvgIpc) is 2.97. The van der Waals surface area contributed by atoms with Crippen LogP contribution in [-0.2, 0) is 17.7 Å². The number of unbranched alkanes of at least 4 members (excludes halogenated alkanes) is 1. The molecule has 5 nitrogen and oxygen atoms in total. The average molecular weight is 372 g/mol. The summed E-state index contributed by atoms with van der Waals surface area (Å²) >= 11 is 1.47. The minimum atomic E-state index is -0.380. The SMILES string of the molecule is CCCCOC(=O)c1cc(C(=O)c2c(N)sc3c2CCNC3)ccc1C. The van der Waals surface area contributed by atoms with Gasteiger partial charge in [0.1, 0.15) is 0 Å². The molecule has 0 radical (unpaired) electrons. The predicted octanol–water partition coefficient (Wildman–Crippen LogP) is 3.47. The molecule has 1 aliphatic rings. The molecular formula is C20H24N2O3S. The van der Waals surface area contributed by atoms with E-state index in [0.717, 1.165) is 48.4 Å². The van der Waals surface area contributed by atoms with Gasteiger partial charge in [-0.3, -0.25) is 4.79 Å². The van der Waals surface area contributed by atoms with E-state index in [-0.39, 0.29) is 11.8 Å². The Morgan fingerprint density at radius 2 is 2.15 bits per heavy atom. The Labute approximate surface area is 157 Å². The maximum absolute atomic E-state index is 13.1. The molecule has 1 aromatic heterocycles. The van der Waals surface area contributed by atoms with Gasteiger partial charge in [-0.1, -0.05) is 25.5 Å². The number of carbonyl (C=O) groups excluding carboxylic acids is 2. The molecule has 26 heavy (non-hydrogen) atoms. The van der Waals surface area contributed by atoms with Crippen LogP contribution in [0.15, 0.2) is 18.2 Å². The molecule has 1 aromatic carbocycles. The van der Waals surface area contributed by atoms with Crippen LogP contribution in [0.1, 0.15) is 62.0 Å². The van der Waals surface area contributed by atoms with E-state index in [1.807, 2.05) is 13.8 Å². The summed E-state index contributed by atoms with van der Waals surface area (Å²) in [5, 5.41) is 3.85. The van der Waals surface area contributed by atoms with Crippen LogP contribution in [0.5, 0.6) is 0 Å². The number of ether oxygens (including phenoxy) is 1. The zero-order valence-electron chi connectivity index (χ0n) is 15.2. The molecule has 0 saturated carbocycles. The van der Waals surface area contributed by atoms with Gasteiger partial charge in [0.25, 0.3) is 0 Å². The van der Waals surface area contributed by atoms with E-state index in [1.54, 1.807) is 18.2 Å². The number of fused-ring (bicyclic) bond motifs is 1. The number of hydrogen-bond donors (Lipinski definition) is 2. The van der Waals surface area contributed by atoms with Gasteiger partial charge in [-0.05, 0) is 43.5 Å². The number of rotatable bonds is 6. The van der Waals surface area contributed by atoms with Gasteiger partial charge in [0.05, 0.1) is 22.7 Å². The number of anilines is 1. The van der Waals surface area contributed by atoms with Crippen LogP contribution in [0.25, 0.3) is 0 Å². The first kappa shape index (κ1) is 18.6. The van der Waals surface area contributed by atoms with Crippen molar-refractivity contribution in [1.29, 1.82) is 0 Å². The molecule has 0 amide bonds. The monoisotopic (exact) mass is 372 g/mol. The molecule has 0 unspecified atom stereocenters. The van der Waals surface area contributed by atoms with E-state index in [2.05, 4.69) is 5.32 Å². The van der Waals surface area contributed by atoms with Crippen molar-refractivity contribution in [3.8, 4) is 0 Å². The molecule has 0 aliphatic carbocycles. The van der Waals surface area contributed by atoms with Crippen LogP contribution < -0.4 is 11.1 Å². The highest BCUT2D eigenvalue weighted by molar-refractivity contribution is 7.16. The van der Waals surface area contributed by atoms with E-state index >= 15 is 0 Å². The Morgan fingerprint density at radius 3 is 2.92 bits per heavy atom. The topological polar surface area (TPSA) is 81.4 Å². The van der Waals surface area contributed by atoms with Gasteiger partial charge in [-0.15, -0.1) is 11.3 Å². The lowest BCUT2D eigenvalue weighted by molar-refractivity contribution is 0.0499. The minimum Gasteiger partial charge on any atom is -0.462 e. The molecule has 2 aromatic rings. The summed E-state index contributed by atoms with van der Waals surface area (Å²) in [6, 6.07) is 5.18. The maximum Gasteiger partial charge on any atom is 0.338 e. The fourth-order valence-corrected chi connectivity index (χ4v) is 4.20. The predicted molar refractivity (Wildman–Crippen MR) is 104 cm³/mol. The molecule has 0 fully saturated rings. The van der Waals surface area contributed by atoms with Gasteiger partial charge >= 0.3 is 5.97 Å². The third-order valence-electron chi connectivity index (χ3n) is 4.63. The number of nitrogens with one attached hydrogen (secondary N) is 1. The normalized spacial score (nSPS) is 13.3. The highest BCUT2D eigenvalue weighted by Crippen LogP contribution is 2.34. The lowest BCUT2D eigenvalue weighted by Crippen LogP contribution is -2.23. The molecule has 138 valence electrons. The summed E-state index contributed by atoms with van der Waals surface area (Å²) in [7, 11) is 0. The summed E-state index contributed by atoms with van der Waals surface area (Å²) < 4.78 is 5.31. The highest BCUT2D eigenvalue weighted by atomic mass is 32.1. The number of carbonyl (C=O) groups is 2. The van der Waals surface area contributed by atoms with Crippen LogP contribution in [0, 0.1) is 6.92 Å². The van der Waals surface area contributed by atoms with E-state index in [4.69, 9.17) is 10.5 Å². The molecule has 0 bridgehead atoms. The minimum absolute atomic E-state index is 0.121. The van der Waals surface area contributed by atoms with Gasteiger partial charge in [0, 0.05) is 17.0 Å². The van der Waals surface area contributed by atoms with Crippen LogP contribution >= 0.6 is 11.3 Å². The Hall–Kier alpha value is -2.18. The smallest absolute Gasteiger partial charge is 0.338 e. The Morgan fingerprint density at radius 1 is 1.35 bits per heavy atom. The van der Waals surface area contributed by atoms with Crippen molar-refractivity contribution >= 4 is 28.1 Å².